The van der Waals surface area contributed by atoms with Crippen LogP contribution in [0.5, 0.6) is 0 Å². The van der Waals surface area contributed by atoms with Crippen LogP contribution < -0.4 is 5.32 Å². The molecule has 1 N–H and O–H groups in total. The van der Waals surface area contributed by atoms with Crippen molar-refractivity contribution in [1.29, 1.82) is 0 Å². The summed E-state index contributed by atoms with van der Waals surface area (Å²) in [6, 6.07) is 8.16. The third-order valence-electron chi connectivity index (χ3n) is 2.17. The number of halogens is 1. The van der Waals surface area contributed by atoms with E-state index in [1.165, 1.54) is 9.13 Å². The van der Waals surface area contributed by atoms with Gasteiger partial charge in [-0.25, -0.2) is 0 Å². The minimum atomic E-state index is -0.0619. The molecular weight excluding hydrogens is 289 g/mol. The van der Waals surface area contributed by atoms with E-state index in [-0.39, 0.29) is 11.8 Å². The van der Waals surface area contributed by atoms with Gasteiger partial charge in [0.2, 0.25) is 0 Å². The molecule has 0 spiro atoms. The Bertz CT molecular complexity index is 325. The highest BCUT2D eigenvalue weighted by Crippen LogP contribution is 2.10. The number of hydrogen-bond donors (Lipinski definition) is 1. The molecule has 0 fully saturated rings. The standard InChI is InChI=1S/C11H14INO/c1-8(14)11(13-2)7-9-4-3-5-10(12)6-9/h3-6,11,13H,7H2,1-2H3. The van der Waals surface area contributed by atoms with Gasteiger partial charge in [0.25, 0.3) is 0 Å². The van der Waals surface area contributed by atoms with Crippen molar-refractivity contribution < 1.29 is 4.79 Å². The van der Waals surface area contributed by atoms with Gasteiger partial charge >= 0.3 is 0 Å². The van der Waals surface area contributed by atoms with Crippen LogP contribution in [0.4, 0.5) is 0 Å². The molecule has 1 atom stereocenters. The second-order valence-corrected chi connectivity index (χ2v) is 4.53. The number of ketones is 1. The molecule has 0 aliphatic rings. The SMILES string of the molecule is CNC(Cc1cccc(I)c1)C(C)=O. The third-order valence-corrected chi connectivity index (χ3v) is 2.84. The van der Waals surface area contributed by atoms with Gasteiger partial charge in [0.1, 0.15) is 5.78 Å². The molecule has 0 saturated carbocycles. The van der Waals surface area contributed by atoms with Gasteiger partial charge in [-0.05, 0) is 60.7 Å². The Morgan fingerprint density at radius 1 is 1.57 bits per heavy atom. The monoisotopic (exact) mass is 303 g/mol. The first kappa shape index (κ1) is 11.7. The zero-order valence-corrected chi connectivity index (χ0v) is 10.5. The highest BCUT2D eigenvalue weighted by atomic mass is 127. The fraction of sp³-hybridized carbons (Fsp3) is 0.364. The maximum Gasteiger partial charge on any atom is 0.147 e. The van der Waals surface area contributed by atoms with Gasteiger partial charge in [-0.3, -0.25) is 4.79 Å². The molecule has 1 aromatic rings. The minimum absolute atomic E-state index is 0.0619. The summed E-state index contributed by atoms with van der Waals surface area (Å²) in [5, 5.41) is 3.02. The average molecular weight is 303 g/mol. The zero-order chi connectivity index (χ0) is 10.6. The van der Waals surface area contributed by atoms with Crippen molar-refractivity contribution in [3.63, 3.8) is 0 Å². The lowest BCUT2D eigenvalue weighted by Crippen LogP contribution is -2.34. The van der Waals surface area contributed by atoms with E-state index in [2.05, 4.69) is 40.0 Å². The van der Waals surface area contributed by atoms with E-state index in [4.69, 9.17) is 0 Å². The van der Waals surface area contributed by atoms with E-state index in [9.17, 15) is 4.79 Å². The number of rotatable bonds is 4. The quantitative estimate of drug-likeness (QED) is 0.862. The smallest absolute Gasteiger partial charge is 0.147 e. The fourth-order valence-electron chi connectivity index (χ4n) is 1.35. The maximum atomic E-state index is 11.2. The van der Waals surface area contributed by atoms with Crippen molar-refractivity contribution in [3.05, 3.63) is 33.4 Å². The molecule has 0 amide bonds. The van der Waals surface area contributed by atoms with Crippen LogP contribution in [-0.2, 0) is 11.2 Å². The predicted molar refractivity (Wildman–Crippen MR) is 66.4 cm³/mol. The Balaban J connectivity index is 2.72. The number of likely N-dealkylation sites (N-methyl/N-ethyl adjacent to an activating group) is 1. The molecule has 14 heavy (non-hydrogen) atoms. The van der Waals surface area contributed by atoms with E-state index < -0.39 is 0 Å². The van der Waals surface area contributed by atoms with Gasteiger partial charge in [-0.1, -0.05) is 12.1 Å². The molecule has 1 rings (SSSR count). The topological polar surface area (TPSA) is 29.1 Å². The van der Waals surface area contributed by atoms with Gasteiger partial charge < -0.3 is 5.32 Å². The van der Waals surface area contributed by atoms with E-state index in [0.29, 0.717) is 0 Å². The Morgan fingerprint density at radius 2 is 2.29 bits per heavy atom. The summed E-state index contributed by atoms with van der Waals surface area (Å²) >= 11 is 2.28. The summed E-state index contributed by atoms with van der Waals surface area (Å²) in [6.45, 7) is 1.62. The van der Waals surface area contributed by atoms with Crippen LogP contribution in [0, 0.1) is 3.57 Å². The first-order valence-corrected chi connectivity index (χ1v) is 5.63. The minimum Gasteiger partial charge on any atom is -0.310 e. The van der Waals surface area contributed by atoms with Crippen molar-refractivity contribution in [1.82, 2.24) is 5.32 Å². The molecule has 1 unspecified atom stereocenters. The Kier molecular flexibility index (Phi) is 4.54. The fourth-order valence-corrected chi connectivity index (χ4v) is 1.96. The van der Waals surface area contributed by atoms with E-state index in [1.54, 1.807) is 6.92 Å². The van der Waals surface area contributed by atoms with Gasteiger partial charge in [-0.15, -0.1) is 0 Å². The lowest BCUT2D eigenvalue weighted by atomic mass is 10.0. The van der Waals surface area contributed by atoms with Crippen LogP contribution in [0.1, 0.15) is 12.5 Å². The molecular formula is C11H14INO. The van der Waals surface area contributed by atoms with Crippen molar-refractivity contribution in [2.24, 2.45) is 0 Å². The lowest BCUT2D eigenvalue weighted by molar-refractivity contribution is -0.118. The zero-order valence-electron chi connectivity index (χ0n) is 8.38. The summed E-state index contributed by atoms with van der Waals surface area (Å²) in [5.74, 6) is 0.186. The second kappa shape index (κ2) is 5.46. The van der Waals surface area contributed by atoms with Crippen molar-refractivity contribution in [3.8, 4) is 0 Å². The van der Waals surface area contributed by atoms with Gasteiger partial charge in [-0.2, -0.15) is 0 Å². The molecule has 76 valence electrons. The van der Waals surface area contributed by atoms with Crippen LogP contribution >= 0.6 is 22.6 Å². The van der Waals surface area contributed by atoms with Crippen LogP contribution in [0.2, 0.25) is 0 Å². The summed E-state index contributed by atoms with van der Waals surface area (Å²) in [4.78, 5) is 11.2. The number of Topliss-reactive ketones (excluding diaryl/α,β-unsaturated/α-hetero) is 1. The molecule has 0 bridgehead atoms. The molecule has 0 radical (unpaired) electrons. The number of hydrogen-bond acceptors (Lipinski definition) is 2. The largest absolute Gasteiger partial charge is 0.310 e. The molecule has 1 aromatic carbocycles. The summed E-state index contributed by atoms with van der Waals surface area (Å²) < 4.78 is 1.21. The molecule has 0 aliphatic heterocycles. The van der Waals surface area contributed by atoms with Crippen molar-refractivity contribution in [2.75, 3.05) is 7.05 Å². The second-order valence-electron chi connectivity index (χ2n) is 3.29. The van der Waals surface area contributed by atoms with Crippen molar-refractivity contribution in [2.45, 2.75) is 19.4 Å². The number of benzene rings is 1. The normalized spacial score (nSPS) is 12.5. The van der Waals surface area contributed by atoms with Crippen LogP contribution in [0.25, 0.3) is 0 Å². The van der Waals surface area contributed by atoms with Gasteiger partial charge in [0.05, 0.1) is 6.04 Å². The average Bonchev–Trinajstić information content (AvgIpc) is 2.14. The molecule has 0 aromatic heterocycles. The first-order valence-electron chi connectivity index (χ1n) is 4.55. The van der Waals surface area contributed by atoms with E-state index in [1.807, 2.05) is 19.2 Å². The molecule has 0 aliphatic carbocycles. The Morgan fingerprint density at radius 3 is 2.79 bits per heavy atom. The first-order chi connectivity index (χ1) is 6.63. The van der Waals surface area contributed by atoms with Gasteiger partial charge in [0, 0.05) is 3.57 Å². The maximum absolute atomic E-state index is 11.2. The third kappa shape index (κ3) is 3.38. The van der Waals surface area contributed by atoms with Crippen LogP contribution in [-0.4, -0.2) is 18.9 Å². The molecule has 0 heterocycles. The van der Waals surface area contributed by atoms with Gasteiger partial charge in [0.15, 0.2) is 0 Å². The molecule has 0 saturated heterocycles. The number of nitrogens with one attached hydrogen (secondary N) is 1. The summed E-state index contributed by atoms with van der Waals surface area (Å²) in [7, 11) is 1.82. The van der Waals surface area contributed by atoms with E-state index >= 15 is 0 Å². The van der Waals surface area contributed by atoms with Crippen LogP contribution in [0.3, 0.4) is 0 Å². The highest BCUT2D eigenvalue weighted by Gasteiger charge is 2.11. The molecule has 3 heteroatoms. The Labute approximate surface area is 98.2 Å². The van der Waals surface area contributed by atoms with Crippen molar-refractivity contribution >= 4 is 28.4 Å². The Hall–Kier alpha value is -0.420. The number of carbonyl (C=O) groups excluding carboxylic acids is 1. The highest BCUT2D eigenvalue weighted by molar-refractivity contribution is 14.1. The van der Waals surface area contributed by atoms with Crippen LogP contribution in [0.15, 0.2) is 24.3 Å². The molecule has 2 nitrogen and oxygen atoms in total. The van der Waals surface area contributed by atoms with E-state index in [0.717, 1.165) is 6.42 Å². The number of carbonyl (C=O) groups is 1. The summed E-state index contributed by atoms with van der Waals surface area (Å²) in [6.07, 6.45) is 0.767. The lowest BCUT2D eigenvalue weighted by Gasteiger charge is -2.12. The summed E-state index contributed by atoms with van der Waals surface area (Å²) in [5.41, 5.74) is 1.20. The predicted octanol–water partition coefficient (Wildman–Crippen LogP) is 2.01.